The Morgan fingerprint density at radius 3 is 2.68 bits per heavy atom. The van der Waals surface area contributed by atoms with Crippen LogP contribution in [0.4, 0.5) is 8.78 Å². The summed E-state index contributed by atoms with van der Waals surface area (Å²) in [7, 11) is 0. The van der Waals surface area contributed by atoms with Crippen LogP contribution < -0.4 is 5.32 Å². The molecule has 0 aliphatic carbocycles. The first-order valence-corrected chi connectivity index (χ1v) is 8.18. The summed E-state index contributed by atoms with van der Waals surface area (Å²) in [6.45, 7) is 3.84. The molecule has 1 fully saturated rings. The molecular formula is C17H17F2N5O. The predicted molar refractivity (Wildman–Crippen MR) is 86.8 cm³/mol. The number of benzene rings is 1. The van der Waals surface area contributed by atoms with E-state index >= 15 is 0 Å². The van der Waals surface area contributed by atoms with E-state index in [-0.39, 0.29) is 11.7 Å². The van der Waals surface area contributed by atoms with E-state index in [1.807, 2.05) is 6.92 Å². The molecule has 4 rings (SSSR count). The van der Waals surface area contributed by atoms with E-state index in [9.17, 15) is 8.78 Å². The number of aryl methyl sites for hydroxylation is 1. The largest absolute Gasteiger partial charge is 0.345 e. The number of imidazole rings is 1. The molecule has 0 radical (unpaired) electrons. The maximum atomic E-state index is 13.4. The van der Waals surface area contributed by atoms with Crippen LogP contribution in [-0.2, 0) is 0 Å². The van der Waals surface area contributed by atoms with Crippen LogP contribution in [0, 0.1) is 18.6 Å². The topological polar surface area (TPSA) is 79.6 Å². The van der Waals surface area contributed by atoms with Gasteiger partial charge in [0.05, 0.1) is 0 Å². The fraction of sp³-hybridized carbons (Fsp3) is 0.353. The molecule has 1 aromatic carbocycles. The fourth-order valence-electron chi connectivity index (χ4n) is 3.05. The predicted octanol–water partition coefficient (Wildman–Crippen LogP) is 3.18. The van der Waals surface area contributed by atoms with Crippen molar-refractivity contribution in [2.75, 3.05) is 13.1 Å². The molecule has 1 saturated heterocycles. The van der Waals surface area contributed by atoms with Gasteiger partial charge < -0.3 is 14.8 Å². The molecule has 0 bridgehead atoms. The van der Waals surface area contributed by atoms with Gasteiger partial charge in [-0.2, -0.15) is 4.98 Å². The van der Waals surface area contributed by atoms with Crippen LogP contribution in [0.2, 0.25) is 0 Å². The smallest absolute Gasteiger partial charge is 0.278 e. The third kappa shape index (κ3) is 3.05. The Morgan fingerprint density at radius 1 is 1.12 bits per heavy atom. The van der Waals surface area contributed by atoms with Gasteiger partial charge in [-0.25, -0.2) is 13.8 Å². The van der Waals surface area contributed by atoms with Crippen molar-refractivity contribution >= 4 is 0 Å². The Morgan fingerprint density at radius 2 is 1.92 bits per heavy atom. The summed E-state index contributed by atoms with van der Waals surface area (Å²) in [6, 6.07) is 3.49. The minimum atomic E-state index is -0.951. The van der Waals surface area contributed by atoms with Gasteiger partial charge in [0.2, 0.25) is 5.82 Å². The van der Waals surface area contributed by atoms with Gasteiger partial charge in [-0.3, -0.25) is 0 Å². The maximum absolute atomic E-state index is 13.4. The Kier molecular flexibility index (Phi) is 4.04. The summed E-state index contributed by atoms with van der Waals surface area (Å²) in [5, 5.41) is 7.19. The molecule has 3 aromatic rings. The van der Waals surface area contributed by atoms with Crippen LogP contribution in [0.25, 0.3) is 23.0 Å². The van der Waals surface area contributed by atoms with Crippen molar-refractivity contribution < 1.29 is 13.3 Å². The van der Waals surface area contributed by atoms with Crippen LogP contribution in [0.5, 0.6) is 0 Å². The van der Waals surface area contributed by atoms with E-state index in [1.54, 1.807) is 0 Å². The number of aromatic amines is 1. The molecule has 0 atom stereocenters. The number of rotatable bonds is 3. The maximum Gasteiger partial charge on any atom is 0.278 e. The number of piperidine rings is 1. The van der Waals surface area contributed by atoms with E-state index in [0.29, 0.717) is 17.2 Å². The first-order valence-electron chi connectivity index (χ1n) is 8.18. The van der Waals surface area contributed by atoms with Crippen molar-refractivity contribution in [2.24, 2.45) is 0 Å². The molecule has 3 heterocycles. The average molecular weight is 345 g/mol. The number of halogens is 2. The lowest BCUT2D eigenvalue weighted by Crippen LogP contribution is -2.27. The van der Waals surface area contributed by atoms with Crippen LogP contribution in [0.3, 0.4) is 0 Å². The highest BCUT2D eigenvalue weighted by Crippen LogP contribution is 2.28. The highest BCUT2D eigenvalue weighted by Gasteiger charge is 2.23. The molecule has 2 aromatic heterocycles. The Balaban J connectivity index is 1.63. The van der Waals surface area contributed by atoms with Crippen molar-refractivity contribution in [1.82, 2.24) is 25.4 Å². The van der Waals surface area contributed by atoms with E-state index in [4.69, 9.17) is 4.52 Å². The molecule has 6 nitrogen and oxygen atoms in total. The zero-order valence-electron chi connectivity index (χ0n) is 13.6. The highest BCUT2D eigenvalue weighted by atomic mass is 19.2. The van der Waals surface area contributed by atoms with Gasteiger partial charge in [0.15, 0.2) is 11.6 Å². The molecule has 2 N–H and O–H groups in total. The van der Waals surface area contributed by atoms with Crippen molar-refractivity contribution in [3.8, 4) is 23.0 Å². The molecule has 130 valence electrons. The van der Waals surface area contributed by atoms with Gasteiger partial charge in [0.25, 0.3) is 5.89 Å². The van der Waals surface area contributed by atoms with Crippen molar-refractivity contribution in [3.63, 3.8) is 0 Å². The molecule has 1 aliphatic heterocycles. The van der Waals surface area contributed by atoms with Crippen molar-refractivity contribution in [3.05, 3.63) is 41.4 Å². The van der Waals surface area contributed by atoms with Gasteiger partial charge in [-0.1, -0.05) is 5.16 Å². The average Bonchev–Trinajstić information content (AvgIpc) is 3.25. The van der Waals surface area contributed by atoms with Gasteiger partial charge in [0.1, 0.15) is 11.5 Å². The van der Waals surface area contributed by atoms with Crippen LogP contribution in [0.1, 0.15) is 30.3 Å². The van der Waals surface area contributed by atoms with Crippen molar-refractivity contribution in [1.29, 1.82) is 0 Å². The summed E-state index contributed by atoms with van der Waals surface area (Å²) in [6.07, 6.45) is 2.05. The first kappa shape index (κ1) is 15.9. The number of nitrogens with zero attached hydrogens (tertiary/aromatic N) is 3. The summed E-state index contributed by atoms with van der Waals surface area (Å²) < 4.78 is 31.7. The zero-order valence-corrected chi connectivity index (χ0v) is 13.6. The first-order chi connectivity index (χ1) is 12.1. The Labute approximate surface area is 142 Å². The lowest BCUT2D eigenvalue weighted by molar-refractivity contribution is 0.429. The molecule has 8 heteroatoms. The Hall–Kier alpha value is -2.61. The van der Waals surface area contributed by atoms with Gasteiger partial charge in [0, 0.05) is 17.2 Å². The third-order valence-electron chi connectivity index (χ3n) is 4.44. The van der Waals surface area contributed by atoms with Crippen molar-refractivity contribution in [2.45, 2.75) is 25.7 Å². The minimum Gasteiger partial charge on any atom is -0.345 e. The van der Waals surface area contributed by atoms with E-state index < -0.39 is 11.6 Å². The molecule has 0 spiro atoms. The third-order valence-corrected chi connectivity index (χ3v) is 4.44. The number of hydrogen-bond acceptors (Lipinski definition) is 5. The quantitative estimate of drug-likeness (QED) is 0.762. The van der Waals surface area contributed by atoms with E-state index in [0.717, 1.165) is 49.6 Å². The minimum absolute atomic E-state index is 0.194. The standard InChI is InChI=1S/C17H17F2N5O/c1-9-14(22-15(21-9)10-4-6-20-7-5-10)17-23-16(24-25-17)11-2-3-12(18)13(19)8-11/h2-3,8,10,20H,4-7H2,1H3,(H,21,22). The second kappa shape index (κ2) is 6.36. The molecule has 0 unspecified atom stereocenters. The number of nitrogens with one attached hydrogen (secondary N) is 2. The molecule has 1 aliphatic rings. The van der Waals surface area contributed by atoms with Crippen LogP contribution in [-0.4, -0.2) is 33.2 Å². The fourth-order valence-corrected chi connectivity index (χ4v) is 3.05. The molecule has 25 heavy (non-hydrogen) atoms. The summed E-state index contributed by atoms with van der Waals surface area (Å²) in [5.74, 6) is -0.118. The van der Waals surface area contributed by atoms with Crippen LogP contribution >= 0.6 is 0 Å². The summed E-state index contributed by atoms with van der Waals surface area (Å²) in [5.41, 5.74) is 1.78. The monoisotopic (exact) mass is 345 g/mol. The van der Waals surface area contributed by atoms with Gasteiger partial charge >= 0.3 is 0 Å². The second-order valence-corrected chi connectivity index (χ2v) is 6.17. The number of aromatic nitrogens is 4. The van der Waals surface area contributed by atoms with Gasteiger partial charge in [-0.15, -0.1) is 0 Å². The number of hydrogen-bond donors (Lipinski definition) is 2. The molecular weight excluding hydrogens is 328 g/mol. The number of H-pyrrole nitrogens is 1. The van der Waals surface area contributed by atoms with Crippen LogP contribution in [0.15, 0.2) is 22.7 Å². The zero-order chi connectivity index (χ0) is 17.4. The molecule has 0 amide bonds. The SMILES string of the molecule is Cc1[nH]c(C2CCNCC2)nc1-c1nc(-c2ccc(F)c(F)c2)no1. The Bertz CT molecular complexity index is 898. The lowest BCUT2D eigenvalue weighted by Gasteiger charge is -2.20. The summed E-state index contributed by atoms with van der Waals surface area (Å²) in [4.78, 5) is 12.2. The van der Waals surface area contributed by atoms with E-state index in [1.165, 1.54) is 6.07 Å². The lowest BCUT2D eigenvalue weighted by atomic mass is 9.98. The van der Waals surface area contributed by atoms with Gasteiger partial charge in [-0.05, 0) is 51.1 Å². The normalized spacial score (nSPS) is 15.6. The second-order valence-electron chi connectivity index (χ2n) is 6.17. The van der Waals surface area contributed by atoms with E-state index in [2.05, 4.69) is 25.4 Å². The highest BCUT2D eigenvalue weighted by molar-refractivity contribution is 5.59. The summed E-state index contributed by atoms with van der Waals surface area (Å²) >= 11 is 0. The molecule has 0 saturated carbocycles.